The van der Waals surface area contributed by atoms with Crippen LogP contribution >= 0.6 is 11.8 Å². The Morgan fingerprint density at radius 3 is 2.42 bits per heavy atom. The summed E-state index contributed by atoms with van der Waals surface area (Å²) in [6.07, 6.45) is 4.17. The fraction of sp³-hybridized carbons (Fsp3) is 0.423. The number of rotatable bonds is 10. The van der Waals surface area contributed by atoms with E-state index in [1.165, 1.54) is 5.69 Å². The van der Waals surface area contributed by atoms with E-state index in [2.05, 4.69) is 65.5 Å². The van der Waals surface area contributed by atoms with Crippen LogP contribution in [0.3, 0.4) is 0 Å². The second kappa shape index (κ2) is 11.4. The quantitative estimate of drug-likeness (QED) is 0.270. The van der Waals surface area contributed by atoms with Crippen LogP contribution in [0.2, 0.25) is 0 Å². The van der Waals surface area contributed by atoms with Gasteiger partial charge in [-0.05, 0) is 37.5 Å². The van der Waals surface area contributed by atoms with E-state index in [9.17, 15) is 0 Å². The maximum atomic E-state index is 6.42. The summed E-state index contributed by atoms with van der Waals surface area (Å²) in [5.74, 6) is 1.50. The molecule has 0 spiro atoms. The molecule has 1 aromatic heterocycles. The second-order valence-electron chi connectivity index (χ2n) is 8.22. The number of aromatic nitrogens is 3. The summed E-state index contributed by atoms with van der Waals surface area (Å²) in [7, 11) is 0. The zero-order valence-corrected chi connectivity index (χ0v) is 20.6. The summed E-state index contributed by atoms with van der Waals surface area (Å²) in [6.45, 7) is 8.75. The van der Waals surface area contributed by atoms with Gasteiger partial charge in [-0.25, -0.2) is 0 Å². The molecule has 33 heavy (non-hydrogen) atoms. The Balaban J connectivity index is 1.64. The van der Waals surface area contributed by atoms with Gasteiger partial charge in [-0.2, -0.15) is 4.98 Å². The van der Waals surface area contributed by atoms with Crippen molar-refractivity contribution in [2.75, 3.05) is 29.1 Å². The first-order chi connectivity index (χ1) is 16.2. The fourth-order valence-electron chi connectivity index (χ4n) is 3.94. The van der Waals surface area contributed by atoms with Crippen molar-refractivity contribution in [3.63, 3.8) is 0 Å². The maximum absolute atomic E-state index is 6.42. The smallest absolute Gasteiger partial charge is 0.247 e. The lowest BCUT2D eigenvalue weighted by Crippen LogP contribution is -2.25. The van der Waals surface area contributed by atoms with Gasteiger partial charge < -0.3 is 15.0 Å². The van der Waals surface area contributed by atoms with Gasteiger partial charge in [-0.15, -0.1) is 10.2 Å². The number of thioether (sulfide) groups is 1. The Hall–Kier alpha value is -2.80. The Morgan fingerprint density at radius 1 is 0.939 bits per heavy atom. The minimum Gasteiger partial charge on any atom is -0.448 e. The highest BCUT2D eigenvalue weighted by molar-refractivity contribution is 7.99. The molecule has 7 heteroatoms. The molecule has 0 radical (unpaired) electrons. The molecule has 1 aliphatic rings. The lowest BCUT2D eigenvalue weighted by Gasteiger charge is -2.25. The molecule has 0 saturated heterocycles. The van der Waals surface area contributed by atoms with Crippen LogP contribution < -0.4 is 15.0 Å². The average Bonchev–Trinajstić information content (AvgIpc) is 3.01. The van der Waals surface area contributed by atoms with E-state index < -0.39 is 0 Å². The first-order valence-corrected chi connectivity index (χ1v) is 13.0. The van der Waals surface area contributed by atoms with E-state index in [0.29, 0.717) is 16.7 Å². The third-order valence-corrected chi connectivity index (χ3v) is 6.53. The topological polar surface area (TPSA) is 63.2 Å². The number of nitrogens with zero attached hydrogens (tertiary/aromatic N) is 4. The highest BCUT2D eigenvalue weighted by Gasteiger charge is 2.26. The van der Waals surface area contributed by atoms with Crippen LogP contribution in [0.4, 0.5) is 11.4 Å². The van der Waals surface area contributed by atoms with Gasteiger partial charge in [-0.1, -0.05) is 69.3 Å². The minimum absolute atomic E-state index is 0.363. The number of ether oxygens (including phenoxy) is 1. The monoisotopic (exact) mass is 463 g/mol. The first-order valence-electron chi connectivity index (χ1n) is 12.0. The predicted molar refractivity (Wildman–Crippen MR) is 137 cm³/mol. The molecule has 1 aliphatic heterocycles. The molecule has 1 atom stereocenters. The molecule has 0 bridgehead atoms. The molecule has 2 aromatic carbocycles. The Morgan fingerprint density at radius 2 is 1.70 bits per heavy atom. The summed E-state index contributed by atoms with van der Waals surface area (Å²) >= 11 is 1.63. The van der Waals surface area contributed by atoms with Crippen molar-refractivity contribution in [3.8, 4) is 17.1 Å². The molecule has 3 aromatic rings. The van der Waals surface area contributed by atoms with Crippen LogP contribution in [0, 0.1) is 0 Å². The molecular formula is C26H33N5OS. The van der Waals surface area contributed by atoms with Crippen molar-refractivity contribution < 1.29 is 4.74 Å². The van der Waals surface area contributed by atoms with Gasteiger partial charge in [0.15, 0.2) is 11.9 Å². The molecule has 0 saturated carbocycles. The molecule has 0 amide bonds. The highest BCUT2D eigenvalue weighted by atomic mass is 32.2. The van der Waals surface area contributed by atoms with Crippen LogP contribution in [0.1, 0.15) is 58.2 Å². The lowest BCUT2D eigenvalue weighted by molar-refractivity contribution is 0.225. The van der Waals surface area contributed by atoms with Crippen molar-refractivity contribution in [1.29, 1.82) is 0 Å². The molecular weight excluding hydrogens is 430 g/mol. The number of nitrogens with one attached hydrogen (secondary N) is 1. The average molecular weight is 464 g/mol. The molecule has 1 N–H and O–H groups in total. The number of fused-ring (bicyclic) bond motifs is 3. The summed E-state index contributed by atoms with van der Waals surface area (Å²) in [5.41, 5.74) is 4.89. The summed E-state index contributed by atoms with van der Waals surface area (Å²) in [4.78, 5) is 7.17. The summed E-state index contributed by atoms with van der Waals surface area (Å²) in [6, 6.07) is 16.8. The van der Waals surface area contributed by atoms with E-state index in [-0.39, 0.29) is 6.23 Å². The standard InChI is InChI=1S/C26H33N5OS/c1-4-7-18-33-26-28-25-23(29-30-26)21-10-8-9-11-22(21)27-24(32-25)19-12-14-20(15-13-19)31(16-5-2)17-6-3/h8-15,24,27H,4-7,16-18H2,1-3H3/t24-/m0/s1. The molecule has 0 aliphatic carbocycles. The normalized spacial score (nSPS) is 14.5. The van der Waals surface area contributed by atoms with Crippen molar-refractivity contribution in [1.82, 2.24) is 15.2 Å². The molecule has 6 nitrogen and oxygen atoms in total. The summed E-state index contributed by atoms with van der Waals surface area (Å²) in [5, 5.41) is 13.1. The molecule has 0 unspecified atom stereocenters. The number of hydrogen-bond donors (Lipinski definition) is 1. The first kappa shape index (κ1) is 23.4. The van der Waals surface area contributed by atoms with Crippen LogP contribution in [0.15, 0.2) is 53.7 Å². The van der Waals surface area contributed by atoms with Gasteiger partial charge in [-0.3, -0.25) is 0 Å². The van der Waals surface area contributed by atoms with Crippen LogP contribution in [-0.2, 0) is 0 Å². The van der Waals surface area contributed by atoms with E-state index in [0.717, 1.165) is 61.3 Å². The van der Waals surface area contributed by atoms with Gasteiger partial charge in [0.1, 0.15) is 0 Å². The molecule has 0 fully saturated rings. The highest BCUT2D eigenvalue weighted by Crippen LogP contribution is 2.39. The minimum atomic E-state index is -0.363. The maximum Gasteiger partial charge on any atom is 0.247 e. The summed E-state index contributed by atoms with van der Waals surface area (Å²) < 4.78 is 6.42. The van der Waals surface area contributed by atoms with Crippen LogP contribution in [0.5, 0.6) is 5.88 Å². The lowest BCUT2D eigenvalue weighted by atomic mass is 10.1. The van der Waals surface area contributed by atoms with Crippen molar-refractivity contribution in [2.45, 2.75) is 57.8 Å². The van der Waals surface area contributed by atoms with Crippen LogP contribution in [0.25, 0.3) is 11.3 Å². The Bertz CT molecular complexity index is 1040. The van der Waals surface area contributed by atoms with Gasteiger partial charge >= 0.3 is 0 Å². The van der Waals surface area contributed by atoms with Gasteiger partial charge in [0.2, 0.25) is 11.0 Å². The zero-order chi connectivity index (χ0) is 23.0. The second-order valence-corrected chi connectivity index (χ2v) is 9.28. The number of hydrogen-bond acceptors (Lipinski definition) is 7. The predicted octanol–water partition coefficient (Wildman–Crippen LogP) is 6.56. The number of unbranched alkanes of at least 4 members (excludes halogenated alkanes) is 1. The van der Waals surface area contributed by atoms with Gasteiger partial charge in [0.05, 0.1) is 0 Å². The number of anilines is 2. The third-order valence-electron chi connectivity index (χ3n) is 5.61. The van der Waals surface area contributed by atoms with Gasteiger partial charge in [0, 0.05) is 41.3 Å². The molecule has 174 valence electrons. The van der Waals surface area contributed by atoms with E-state index in [4.69, 9.17) is 9.72 Å². The van der Waals surface area contributed by atoms with Crippen molar-refractivity contribution in [3.05, 3.63) is 54.1 Å². The largest absolute Gasteiger partial charge is 0.448 e. The number of para-hydroxylation sites is 1. The Kier molecular flexibility index (Phi) is 8.05. The van der Waals surface area contributed by atoms with Crippen LogP contribution in [-0.4, -0.2) is 34.0 Å². The zero-order valence-electron chi connectivity index (χ0n) is 19.8. The van der Waals surface area contributed by atoms with E-state index in [1.807, 2.05) is 24.3 Å². The van der Waals surface area contributed by atoms with Crippen molar-refractivity contribution >= 4 is 23.1 Å². The van der Waals surface area contributed by atoms with E-state index >= 15 is 0 Å². The fourth-order valence-corrected chi connectivity index (χ4v) is 4.80. The molecule has 4 rings (SSSR count). The number of benzene rings is 2. The Labute approximate surface area is 201 Å². The van der Waals surface area contributed by atoms with Gasteiger partial charge in [0.25, 0.3) is 0 Å². The third kappa shape index (κ3) is 5.58. The SMILES string of the molecule is CCCCSc1nnc2c(n1)O[C@@H](c1ccc(N(CCC)CCC)cc1)Nc1ccccc1-2. The van der Waals surface area contributed by atoms with E-state index in [1.54, 1.807) is 11.8 Å². The molecule has 2 heterocycles. The van der Waals surface area contributed by atoms with Crippen molar-refractivity contribution in [2.24, 2.45) is 0 Å².